The highest BCUT2D eigenvalue weighted by atomic mass is 32.2. The van der Waals surface area contributed by atoms with Gasteiger partial charge in [-0.05, 0) is 74.8 Å². The number of carbonyl (C=O) groups excluding carboxylic acids is 3. The molecule has 0 radical (unpaired) electrons. The minimum atomic E-state index is -0.703. The van der Waals surface area contributed by atoms with E-state index in [4.69, 9.17) is 9.47 Å². The second kappa shape index (κ2) is 23.8. The van der Waals surface area contributed by atoms with E-state index < -0.39 is 34.5 Å². The Bertz CT molecular complexity index is 1530. The standard InChI is InChI=1S/C46H68N4O5S2/c1-11-33(3)40(31-50(8)41(34(4)12-2)42(51)49-39(28-29-56-10)43(52)54-9)47-30-38(48-44(53)55-45(5,6)7)32-57-46(35-22-16-13-17-23-35,36-24-18-14-19-25-36)37-26-20-15-21-27-37/h13-27,33-34,38-41,47H,11-12,28-32H2,1-10H3,(H,48,53)(H,49,51)/t33-,34-,38+,39-,40+,41-/m0/s1. The first kappa shape index (κ1) is 47.9. The number of hydrogen-bond donors (Lipinski definition) is 3. The van der Waals surface area contributed by atoms with Gasteiger partial charge in [-0.1, -0.05) is 132 Å². The average Bonchev–Trinajstić information content (AvgIpc) is 3.20. The number of methoxy groups -OCH3 is 1. The fourth-order valence-electron chi connectivity index (χ4n) is 7.07. The van der Waals surface area contributed by atoms with Crippen molar-refractivity contribution < 1.29 is 23.9 Å². The molecule has 3 N–H and O–H groups in total. The number of thioether (sulfide) groups is 2. The second-order valence-corrected chi connectivity index (χ2v) is 18.2. The van der Waals surface area contributed by atoms with Crippen molar-refractivity contribution in [2.24, 2.45) is 11.8 Å². The van der Waals surface area contributed by atoms with Crippen LogP contribution in [0.1, 0.15) is 84.4 Å². The zero-order chi connectivity index (χ0) is 42.0. The van der Waals surface area contributed by atoms with Gasteiger partial charge in [0.15, 0.2) is 0 Å². The topological polar surface area (TPSA) is 109 Å². The summed E-state index contributed by atoms with van der Waals surface area (Å²) < 4.78 is 10.3. The largest absolute Gasteiger partial charge is 0.467 e. The molecule has 0 aliphatic carbocycles. The zero-order valence-electron chi connectivity index (χ0n) is 35.9. The molecular weight excluding hydrogens is 753 g/mol. The molecule has 0 saturated carbocycles. The SMILES string of the molecule is CC[C@H](C)[C@@H](C(=O)N[C@@H](CCSC)C(=O)OC)N(C)C[C@@H](NC[C@H](CSC(c1ccccc1)(c1ccccc1)c1ccccc1)NC(=O)OC(C)(C)C)[C@@H](C)CC. The molecule has 9 nitrogen and oxygen atoms in total. The van der Waals surface area contributed by atoms with Gasteiger partial charge < -0.3 is 25.4 Å². The van der Waals surface area contributed by atoms with E-state index in [-0.39, 0.29) is 29.8 Å². The predicted molar refractivity (Wildman–Crippen MR) is 239 cm³/mol. The number of nitrogens with one attached hydrogen (secondary N) is 3. The van der Waals surface area contributed by atoms with Crippen LogP contribution >= 0.6 is 23.5 Å². The van der Waals surface area contributed by atoms with Gasteiger partial charge in [0.2, 0.25) is 5.91 Å². The molecular formula is C46H68N4O5S2. The van der Waals surface area contributed by atoms with Gasteiger partial charge in [-0.25, -0.2) is 9.59 Å². The van der Waals surface area contributed by atoms with Crippen molar-refractivity contribution in [3.8, 4) is 0 Å². The quantitative estimate of drug-likeness (QED) is 0.0643. The normalized spacial score (nSPS) is 15.1. The van der Waals surface area contributed by atoms with Crippen LogP contribution in [-0.2, 0) is 23.8 Å². The summed E-state index contributed by atoms with van der Waals surface area (Å²) in [7, 11) is 3.35. The van der Waals surface area contributed by atoms with Crippen molar-refractivity contribution in [1.29, 1.82) is 0 Å². The summed E-state index contributed by atoms with van der Waals surface area (Å²) in [6, 6.07) is 30.2. The smallest absolute Gasteiger partial charge is 0.407 e. The van der Waals surface area contributed by atoms with Crippen molar-refractivity contribution in [3.63, 3.8) is 0 Å². The van der Waals surface area contributed by atoms with Crippen LogP contribution in [0.25, 0.3) is 0 Å². The fourth-order valence-corrected chi connectivity index (χ4v) is 9.10. The van der Waals surface area contributed by atoms with E-state index in [9.17, 15) is 14.4 Å². The highest BCUT2D eigenvalue weighted by Gasteiger charge is 2.38. The van der Waals surface area contributed by atoms with Gasteiger partial charge in [-0.2, -0.15) is 11.8 Å². The maximum absolute atomic E-state index is 14.0. The van der Waals surface area contributed by atoms with E-state index >= 15 is 0 Å². The number of carbonyl (C=O) groups is 3. The molecule has 0 unspecified atom stereocenters. The third kappa shape index (κ3) is 14.4. The van der Waals surface area contributed by atoms with Crippen molar-refractivity contribution >= 4 is 41.5 Å². The number of alkyl carbamates (subject to hydrolysis) is 1. The third-order valence-corrected chi connectivity index (χ3v) is 12.9. The van der Waals surface area contributed by atoms with Gasteiger partial charge in [0.25, 0.3) is 0 Å². The van der Waals surface area contributed by atoms with E-state index in [0.29, 0.717) is 25.3 Å². The van der Waals surface area contributed by atoms with Gasteiger partial charge in [0, 0.05) is 24.9 Å². The Morgan fingerprint density at radius 1 is 0.789 bits per heavy atom. The van der Waals surface area contributed by atoms with Gasteiger partial charge in [-0.3, -0.25) is 9.69 Å². The lowest BCUT2D eigenvalue weighted by Gasteiger charge is -2.38. The Kier molecular flexibility index (Phi) is 20.0. The molecule has 3 aromatic rings. The van der Waals surface area contributed by atoms with Crippen LogP contribution in [0, 0.1) is 11.8 Å². The Hall–Kier alpha value is -3.51. The molecule has 11 heteroatoms. The number of amides is 2. The minimum absolute atomic E-state index is 0.0117. The molecule has 6 atom stereocenters. The minimum Gasteiger partial charge on any atom is -0.467 e. The van der Waals surface area contributed by atoms with E-state index in [0.717, 1.165) is 35.3 Å². The molecule has 57 heavy (non-hydrogen) atoms. The zero-order valence-corrected chi connectivity index (χ0v) is 37.5. The predicted octanol–water partition coefficient (Wildman–Crippen LogP) is 8.37. The van der Waals surface area contributed by atoms with Crippen molar-refractivity contribution in [3.05, 3.63) is 108 Å². The molecule has 2 amide bonds. The highest BCUT2D eigenvalue weighted by Crippen LogP contribution is 2.48. The van der Waals surface area contributed by atoms with E-state index in [1.807, 2.05) is 52.3 Å². The number of esters is 1. The average molecular weight is 821 g/mol. The van der Waals surface area contributed by atoms with Crippen LogP contribution in [0.4, 0.5) is 4.79 Å². The Labute approximate surface area is 351 Å². The summed E-state index contributed by atoms with van der Waals surface area (Å²) in [5.41, 5.74) is 2.78. The van der Waals surface area contributed by atoms with E-state index in [2.05, 4.69) is 121 Å². The third-order valence-electron chi connectivity index (χ3n) is 10.5. The Morgan fingerprint density at radius 2 is 1.30 bits per heavy atom. The molecule has 0 fully saturated rings. The van der Waals surface area contributed by atoms with Crippen LogP contribution in [0.2, 0.25) is 0 Å². The van der Waals surface area contributed by atoms with Crippen LogP contribution in [0.5, 0.6) is 0 Å². The molecule has 0 heterocycles. The Morgan fingerprint density at radius 3 is 1.74 bits per heavy atom. The van der Waals surface area contributed by atoms with Gasteiger partial charge >= 0.3 is 12.1 Å². The van der Waals surface area contributed by atoms with Gasteiger partial charge in [0.05, 0.1) is 23.9 Å². The van der Waals surface area contributed by atoms with Crippen LogP contribution in [-0.4, -0.2) is 97.6 Å². The van der Waals surface area contributed by atoms with E-state index in [1.165, 1.54) is 7.11 Å². The number of benzene rings is 3. The molecule has 3 rings (SSSR count). The summed E-state index contributed by atoms with van der Waals surface area (Å²) in [5.74, 6) is 0.974. The molecule has 0 aliphatic heterocycles. The Balaban J connectivity index is 1.96. The lowest BCUT2D eigenvalue weighted by molar-refractivity contribution is -0.146. The van der Waals surface area contributed by atoms with Crippen LogP contribution < -0.4 is 16.0 Å². The molecule has 3 aromatic carbocycles. The highest BCUT2D eigenvalue weighted by molar-refractivity contribution is 8.00. The molecule has 0 aromatic heterocycles. The summed E-state index contributed by atoms with van der Waals surface area (Å²) in [6.45, 7) is 15.2. The number of ether oxygens (including phenoxy) is 2. The monoisotopic (exact) mass is 820 g/mol. The number of likely N-dealkylation sites (N-methyl/N-ethyl adjacent to an activating group) is 1. The van der Waals surface area contributed by atoms with Gasteiger partial charge in [-0.15, -0.1) is 11.8 Å². The van der Waals surface area contributed by atoms with Crippen molar-refractivity contribution in [2.45, 2.75) is 102 Å². The summed E-state index contributed by atoms with van der Waals surface area (Å²) in [4.78, 5) is 42.2. The maximum atomic E-state index is 14.0. The fraction of sp³-hybridized carbons (Fsp3) is 0.543. The first-order chi connectivity index (χ1) is 27.2. The molecule has 0 saturated heterocycles. The molecule has 0 bridgehead atoms. The first-order valence-corrected chi connectivity index (χ1v) is 22.7. The van der Waals surface area contributed by atoms with Crippen molar-refractivity contribution in [1.82, 2.24) is 20.9 Å². The lowest BCUT2D eigenvalue weighted by Crippen LogP contribution is -2.57. The lowest BCUT2D eigenvalue weighted by atomic mass is 9.84. The van der Waals surface area contributed by atoms with Crippen molar-refractivity contribution in [2.75, 3.05) is 45.0 Å². The first-order valence-electron chi connectivity index (χ1n) is 20.3. The molecule has 0 aliphatic rings. The summed E-state index contributed by atoms with van der Waals surface area (Å²) in [6.07, 6.45) is 3.72. The van der Waals surface area contributed by atoms with E-state index in [1.54, 1.807) is 23.5 Å². The van der Waals surface area contributed by atoms with Crippen LogP contribution in [0.3, 0.4) is 0 Å². The molecule has 314 valence electrons. The number of nitrogens with zero attached hydrogens (tertiary/aromatic N) is 1. The maximum Gasteiger partial charge on any atom is 0.407 e. The van der Waals surface area contributed by atoms with Crippen LogP contribution in [0.15, 0.2) is 91.0 Å². The second-order valence-electron chi connectivity index (χ2n) is 16.0. The van der Waals surface area contributed by atoms with Gasteiger partial charge in [0.1, 0.15) is 11.6 Å². The number of rotatable bonds is 23. The number of hydrogen-bond acceptors (Lipinski definition) is 9. The summed E-state index contributed by atoms with van der Waals surface area (Å²) >= 11 is 3.42. The summed E-state index contributed by atoms with van der Waals surface area (Å²) in [5, 5.41) is 10.1. The molecule has 0 spiro atoms.